The predicted octanol–water partition coefficient (Wildman–Crippen LogP) is 6.47. The molecule has 29 heavy (non-hydrogen) atoms. The van der Waals surface area contributed by atoms with Crippen LogP contribution in [0, 0.1) is 5.92 Å². The van der Waals surface area contributed by atoms with E-state index in [-0.39, 0.29) is 0 Å². The van der Waals surface area contributed by atoms with E-state index in [1.165, 1.54) is 6.42 Å². The molecule has 0 bridgehead atoms. The highest BCUT2D eigenvalue weighted by atomic mass is 35.5. The average Bonchev–Trinajstić information content (AvgIpc) is 2.69. The minimum absolute atomic E-state index is 0.324. The lowest BCUT2D eigenvalue weighted by atomic mass is 9.85. The van der Waals surface area contributed by atoms with Crippen molar-refractivity contribution >= 4 is 46.7 Å². The van der Waals surface area contributed by atoms with Crippen LogP contribution in [0.4, 0.5) is 0 Å². The molecule has 2 aromatic carbocycles. The number of halogens is 3. The standard InChI is InChI=1S/C22H22Cl3NO3/c23-15-7-8-16(19(25)12-15)17-11-14(6-9-18(17)24)21(27)26-20(22(28)29)10-13-4-2-1-3-5-13/h6-9,11-13,20H,1-5,10H2,(H,26,27)(H,28,29)/t20-/m1/s1. The summed E-state index contributed by atoms with van der Waals surface area (Å²) >= 11 is 18.6. The second-order valence-electron chi connectivity index (χ2n) is 7.42. The van der Waals surface area contributed by atoms with Gasteiger partial charge >= 0.3 is 5.97 Å². The molecule has 4 nitrogen and oxygen atoms in total. The van der Waals surface area contributed by atoms with Crippen LogP contribution in [0.15, 0.2) is 36.4 Å². The van der Waals surface area contributed by atoms with Gasteiger partial charge in [0.05, 0.1) is 0 Å². The molecule has 2 N–H and O–H groups in total. The van der Waals surface area contributed by atoms with Crippen molar-refractivity contribution < 1.29 is 14.7 Å². The number of carbonyl (C=O) groups is 2. The molecule has 0 aromatic heterocycles. The normalized spacial score (nSPS) is 15.7. The highest BCUT2D eigenvalue weighted by Gasteiger charge is 2.26. The van der Waals surface area contributed by atoms with E-state index in [0.29, 0.717) is 44.1 Å². The third-order valence-corrected chi connectivity index (χ3v) is 6.22. The van der Waals surface area contributed by atoms with E-state index in [9.17, 15) is 14.7 Å². The van der Waals surface area contributed by atoms with Crippen molar-refractivity contribution in [2.24, 2.45) is 5.92 Å². The second kappa shape index (κ2) is 9.84. The summed E-state index contributed by atoms with van der Waals surface area (Å²) < 4.78 is 0. The quantitative estimate of drug-likeness (QED) is 0.526. The molecule has 1 amide bonds. The number of hydrogen-bond acceptors (Lipinski definition) is 2. The number of carboxylic acids is 1. The minimum Gasteiger partial charge on any atom is -0.480 e. The Balaban J connectivity index is 1.80. The first-order chi connectivity index (χ1) is 13.8. The zero-order valence-corrected chi connectivity index (χ0v) is 18.0. The number of amides is 1. The lowest BCUT2D eigenvalue weighted by molar-refractivity contribution is -0.139. The first kappa shape index (κ1) is 21.9. The van der Waals surface area contributed by atoms with Crippen molar-refractivity contribution in [1.29, 1.82) is 0 Å². The minimum atomic E-state index is -1.01. The molecule has 0 unspecified atom stereocenters. The van der Waals surface area contributed by atoms with Crippen LogP contribution >= 0.6 is 34.8 Å². The van der Waals surface area contributed by atoms with Crippen LogP contribution in [0.2, 0.25) is 15.1 Å². The monoisotopic (exact) mass is 453 g/mol. The van der Waals surface area contributed by atoms with Gasteiger partial charge in [0, 0.05) is 31.8 Å². The Morgan fingerprint density at radius 3 is 2.34 bits per heavy atom. The molecule has 0 radical (unpaired) electrons. The fourth-order valence-electron chi connectivity index (χ4n) is 3.80. The molecule has 3 rings (SSSR count). The maximum atomic E-state index is 12.8. The van der Waals surface area contributed by atoms with Crippen LogP contribution in [0.5, 0.6) is 0 Å². The summed E-state index contributed by atoms with van der Waals surface area (Å²) in [7, 11) is 0. The highest BCUT2D eigenvalue weighted by molar-refractivity contribution is 6.38. The molecule has 7 heteroatoms. The van der Waals surface area contributed by atoms with Crippen molar-refractivity contribution in [3.63, 3.8) is 0 Å². The molecule has 1 saturated carbocycles. The summed E-state index contributed by atoms with van der Waals surface area (Å²) in [6, 6.07) is 8.91. The van der Waals surface area contributed by atoms with Gasteiger partial charge in [-0.1, -0.05) is 73.0 Å². The third kappa shape index (κ3) is 5.65. The third-order valence-electron chi connectivity index (χ3n) is 5.35. The van der Waals surface area contributed by atoms with E-state index in [2.05, 4.69) is 5.32 Å². The van der Waals surface area contributed by atoms with Gasteiger partial charge in [-0.05, 0) is 42.7 Å². The molecule has 0 saturated heterocycles. The second-order valence-corrected chi connectivity index (χ2v) is 8.67. The van der Waals surface area contributed by atoms with E-state index in [1.54, 1.807) is 36.4 Å². The number of carbonyl (C=O) groups excluding carboxylic acids is 1. The van der Waals surface area contributed by atoms with Gasteiger partial charge in [-0.15, -0.1) is 0 Å². The van der Waals surface area contributed by atoms with Gasteiger partial charge in [0.15, 0.2) is 0 Å². The van der Waals surface area contributed by atoms with Gasteiger partial charge in [-0.3, -0.25) is 4.79 Å². The number of nitrogens with one attached hydrogen (secondary N) is 1. The average molecular weight is 455 g/mol. The molecule has 1 atom stereocenters. The largest absolute Gasteiger partial charge is 0.480 e. The van der Waals surface area contributed by atoms with Crippen molar-refractivity contribution in [3.05, 3.63) is 57.0 Å². The molecule has 0 spiro atoms. The van der Waals surface area contributed by atoms with E-state index < -0.39 is 17.9 Å². The van der Waals surface area contributed by atoms with Crippen LogP contribution in [-0.4, -0.2) is 23.0 Å². The molecule has 0 heterocycles. The first-order valence-corrected chi connectivity index (χ1v) is 10.8. The van der Waals surface area contributed by atoms with E-state index in [0.717, 1.165) is 25.7 Å². The first-order valence-electron chi connectivity index (χ1n) is 9.64. The summed E-state index contributed by atoms with van der Waals surface area (Å²) in [4.78, 5) is 24.5. The summed E-state index contributed by atoms with van der Waals surface area (Å²) in [6.07, 6.45) is 5.91. The van der Waals surface area contributed by atoms with Gasteiger partial charge in [0.25, 0.3) is 5.91 Å². The van der Waals surface area contributed by atoms with Crippen molar-refractivity contribution in [1.82, 2.24) is 5.32 Å². The van der Waals surface area contributed by atoms with Crippen molar-refractivity contribution in [2.75, 3.05) is 0 Å². The Labute approximate surface area is 185 Å². The lowest BCUT2D eigenvalue weighted by Crippen LogP contribution is -2.42. The molecule has 0 aliphatic heterocycles. The molecule has 154 valence electrons. The van der Waals surface area contributed by atoms with Gasteiger partial charge in [0.1, 0.15) is 6.04 Å². The molecule has 1 fully saturated rings. The zero-order chi connectivity index (χ0) is 21.0. The fourth-order valence-corrected chi connectivity index (χ4v) is 4.53. The van der Waals surface area contributed by atoms with Gasteiger partial charge in [-0.2, -0.15) is 0 Å². The molecule has 2 aromatic rings. The Bertz CT molecular complexity index is 910. The number of rotatable bonds is 6. The van der Waals surface area contributed by atoms with Gasteiger partial charge in [-0.25, -0.2) is 4.79 Å². The van der Waals surface area contributed by atoms with E-state index >= 15 is 0 Å². The van der Waals surface area contributed by atoms with Crippen LogP contribution in [0.3, 0.4) is 0 Å². The lowest BCUT2D eigenvalue weighted by Gasteiger charge is -2.25. The fraction of sp³-hybridized carbons (Fsp3) is 0.364. The Morgan fingerprint density at radius 1 is 0.966 bits per heavy atom. The van der Waals surface area contributed by atoms with Crippen LogP contribution in [0.25, 0.3) is 11.1 Å². The maximum absolute atomic E-state index is 12.8. The van der Waals surface area contributed by atoms with Crippen LogP contribution < -0.4 is 5.32 Å². The van der Waals surface area contributed by atoms with Crippen LogP contribution in [-0.2, 0) is 4.79 Å². The number of aliphatic carboxylic acids is 1. The van der Waals surface area contributed by atoms with Gasteiger partial charge < -0.3 is 10.4 Å². The number of hydrogen-bond donors (Lipinski definition) is 2. The number of benzene rings is 2. The Morgan fingerprint density at radius 2 is 1.69 bits per heavy atom. The topological polar surface area (TPSA) is 66.4 Å². The van der Waals surface area contributed by atoms with Gasteiger partial charge in [0.2, 0.25) is 0 Å². The Hall–Kier alpha value is -1.75. The Kier molecular flexibility index (Phi) is 7.44. The highest BCUT2D eigenvalue weighted by Crippen LogP contribution is 2.35. The molecule has 1 aliphatic carbocycles. The molecular formula is C22H22Cl3NO3. The summed E-state index contributed by atoms with van der Waals surface area (Å²) in [5.74, 6) is -1.13. The summed E-state index contributed by atoms with van der Waals surface area (Å²) in [5.41, 5.74) is 1.55. The molecule has 1 aliphatic rings. The summed E-state index contributed by atoms with van der Waals surface area (Å²) in [6.45, 7) is 0. The predicted molar refractivity (Wildman–Crippen MR) is 117 cm³/mol. The van der Waals surface area contributed by atoms with E-state index in [1.807, 2.05) is 0 Å². The molecular weight excluding hydrogens is 433 g/mol. The zero-order valence-electron chi connectivity index (χ0n) is 15.8. The van der Waals surface area contributed by atoms with Crippen molar-refractivity contribution in [2.45, 2.75) is 44.6 Å². The SMILES string of the molecule is O=C(N[C@H](CC1CCCCC1)C(=O)O)c1ccc(Cl)c(-c2ccc(Cl)cc2Cl)c1. The number of carboxylic acid groups (broad SMARTS) is 1. The summed E-state index contributed by atoms with van der Waals surface area (Å²) in [5, 5.41) is 13.6. The van der Waals surface area contributed by atoms with Crippen molar-refractivity contribution in [3.8, 4) is 11.1 Å². The van der Waals surface area contributed by atoms with E-state index in [4.69, 9.17) is 34.8 Å². The van der Waals surface area contributed by atoms with Crippen LogP contribution in [0.1, 0.15) is 48.9 Å². The maximum Gasteiger partial charge on any atom is 0.326 e. The smallest absolute Gasteiger partial charge is 0.326 e.